The number of piperidine rings is 1. The highest BCUT2D eigenvalue weighted by molar-refractivity contribution is 7.10. The highest BCUT2D eigenvalue weighted by Gasteiger charge is 2.36. The molecule has 3 nitrogen and oxygen atoms in total. The minimum atomic E-state index is 0.305. The maximum absolute atomic E-state index is 13.1. The van der Waals surface area contributed by atoms with Gasteiger partial charge in [0.2, 0.25) is 5.91 Å². The minimum Gasteiger partial charge on any atom is -0.334 e. The van der Waals surface area contributed by atoms with Crippen molar-refractivity contribution in [2.75, 3.05) is 19.6 Å². The van der Waals surface area contributed by atoms with E-state index in [9.17, 15) is 4.79 Å². The van der Waals surface area contributed by atoms with Crippen LogP contribution in [0.4, 0.5) is 0 Å². The van der Waals surface area contributed by atoms with E-state index >= 15 is 0 Å². The summed E-state index contributed by atoms with van der Waals surface area (Å²) in [7, 11) is 0. The van der Waals surface area contributed by atoms with E-state index in [0.29, 0.717) is 24.5 Å². The highest BCUT2D eigenvalue weighted by Crippen LogP contribution is 2.37. The Morgan fingerprint density at radius 2 is 2.04 bits per heavy atom. The van der Waals surface area contributed by atoms with Crippen LogP contribution in [0.25, 0.3) is 0 Å². The van der Waals surface area contributed by atoms with Crippen molar-refractivity contribution in [3.8, 4) is 0 Å². The monoisotopic (exact) mass is 346 g/mol. The van der Waals surface area contributed by atoms with Gasteiger partial charge >= 0.3 is 0 Å². The second-order valence-electron chi connectivity index (χ2n) is 7.78. The summed E-state index contributed by atoms with van der Waals surface area (Å²) in [6.45, 7) is 4.90. The Morgan fingerprint density at radius 1 is 1.21 bits per heavy atom. The van der Waals surface area contributed by atoms with Gasteiger partial charge in [-0.05, 0) is 68.0 Å². The third-order valence-electron chi connectivity index (χ3n) is 6.50. The van der Waals surface area contributed by atoms with Crippen LogP contribution in [-0.2, 0) is 11.2 Å². The third-order valence-corrected chi connectivity index (χ3v) is 7.49. The van der Waals surface area contributed by atoms with E-state index in [2.05, 4.69) is 28.2 Å². The zero-order chi connectivity index (χ0) is 16.5. The van der Waals surface area contributed by atoms with Gasteiger partial charge in [0.25, 0.3) is 0 Å². The van der Waals surface area contributed by atoms with Crippen LogP contribution in [0.3, 0.4) is 0 Å². The van der Waals surface area contributed by atoms with Crippen molar-refractivity contribution in [3.63, 3.8) is 0 Å². The topological polar surface area (TPSA) is 23.6 Å². The first kappa shape index (κ1) is 16.6. The van der Waals surface area contributed by atoms with Crippen molar-refractivity contribution in [3.05, 3.63) is 21.9 Å². The fraction of sp³-hybridized carbons (Fsp3) is 0.750. The number of carbonyl (C=O) groups is 1. The lowest BCUT2D eigenvalue weighted by molar-refractivity contribution is -0.137. The van der Waals surface area contributed by atoms with E-state index in [4.69, 9.17) is 0 Å². The molecule has 4 rings (SSSR count). The summed E-state index contributed by atoms with van der Waals surface area (Å²) in [5.74, 6) is 1.22. The van der Waals surface area contributed by atoms with Crippen LogP contribution in [0.1, 0.15) is 68.4 Å². The molecule has 3 aliphatic rings. The minimum absolute atomic E-state index is 0.305. The van der Waals surface area contributed by atoms with Crippen molar-refractivity contribution in [2.45, 2.75) is 70.4 Å². The number of hydrogen-bond donors (Lipinski definition) is 0. The van der Waals surface area contributed by atoms with Crippen LogP contribution < -0.4 is 0 Å². The fourth-order valence-electron chi connectivity index (χ4n) is 5.32. The molecule has 0 bridgehead atoms. The Morgan fingerprint density at radius 3 is 2.92 bits per heavy atom. The second kappa shape index (κ2) is 7.17. The largest absolute Gasteiger partial charge is 0.334 e. The van der Waals surface area contributed by atoms with E-state index in [1.807, 2.05) is 11.3 Å². The van der Waals surface area contributed by atoms with Crippen LogP contribution in [0.5, 0.6) is 0 Å². The Kier molecular flexibility index (Phi) is 4.95. The molecule has 0 N–H and O–H groups in total. The Labute approximate surface area is 150 Å². The molecule has 1 saturated carbocycles. The van der Waals surface area contributed by atoms with Gasteiger partial charge in [-0.2, -0.15) is 0 Å². The van der Waals surface area contributed by atoms with Gasteiger partial charge < -0.3 is 4.90 Å². The van der Waals surface area contributed by atoms with Gasteiger partial charge in [-0.15, -0.1) is 11.3 Å². The lowest BCUT2D eigenvalue weighted by Gasteiger charge is -2.45. The summed E-state index contributed by atoms with van der Waals surface area (Å²) in [5.41, 5.74) is 1.41. The normalized spacial score (nSPS) is 30.7. The smallest absolute Gasteiger partial charge is 0.237 e. The summed E-state index contributed by atoms with van der Waals surface area (Å²) >= 11 is 1.86. The first-order valence-electron chi connectivity index (χ1n) is 9.87. The molecule has 3 heterocycles. The summed E-state index contributed by atoms with van der Waals surface area (Å²) in [6.07, 6.45) is 10.2. The van der Waals surface area contributed by atoms with E-state index in [-0.39, 0.29) is 0 Å². The molecule has 2 aliphatic heterocycles. The molecule has 1 aliphatic carbocycles. The van der Waals surface area contributed by atoms with Gasteiger partial charge in [0.1, 0.15) is 0 Å². The number of rotatable bonds is 3. The Hall–Kier alpha value is -0.870. The molecule has 24 heavy (non-hydrogen) atoms. The lowest BCUT2D eigenvalue weighted by Crippen LogP contribution is -2.52. The van der Waals surface area contributed by atoms with E-state index in [1.165, 1.54) is 49.0 Å². The number of nitrogens with zero attached hydrogens (tertiary/aromatic N) is 2. The zero-order valence-electron chi connectivity index (χ0n) is 14.9. The molecule has 1 aromatic heterocycles. The first-order valence-corrected chi connectivity index (χ1v) is 10.8. The zero-order valence-corrected chi connectivity index (χ0v) is 15.7. The molecular formula is C20H30N2OS. The summed E-state index contributed by atoms with van der Waals surface area (Å²) < 4.78 is 0. The molecular weight excluding hydrogens is 316 g/mol. The fourth-order valence-corrected chi connectivity index (χ4v) is 6.25. The predicted octanol–water partition coefficient (Wildman–Crippen LogP) is 4.24. The van der Waals surface area contributed by atoms with Crippen LogP contribution >= 0.6 is 11.3 Å². The molecule has 0 spiro atoms. The predicted molar refractivity (Wildman–Crippen MR) is 99.3 cm³/mol. The van der Waals surface area contributed by atoms with E-state index in [1.54, 1.807) is 0 Å². The van der Waals surface area contributed by atoms with E-state index in [0.717, 1.165) is 31.8 Å². The van der Waals surface area contributed by atoms with Crippen molar-refractivity contribution >= 4 is 17.2 Å². The number of fused-ring (bicyclic) bond motifs is 2. The van der Waals surface area contributed by atoms with Gasteiger partial charge in [0.05, 0.1) is 12.6 Å². The Balaban J connectivity index is 1.46. The molecule has 3 atom stereocenters. The average molecular weight is 347 g/mol. The second-order valence-corrected chi connectivity index (χ2v) is 8.79. The quantitative estimate of drug-likeness (QED) is 0.817. The number of carbonyl (C=O) groups excluding carboxylic acids is 1. The standard InChI is InChI=1S/C20H30N2OS/c1-2-17-16-10-13-24-19(16)9-12-22(17)20(23)14-21-11-5-7-15-6-3-4-8-18(15)21/h10,13,15,17-18H,2-9,11-12,14H2,1H3. The molecule has 132 valence electrons. The number of thiophene rings is 1. The first-order chi connectivity index (χ1) is 11.8. The van der Waals surface area contributed by atoms with Gasteiger partial charge in [-0.3, -0.25) is 9.69 Å². The molecule has 0 radical (unpaired) electrons. The molecule has 3 unspecified atom stereocenters. The van der Waals surface area contributed by atoms with Gasteiger partial charge in [0, 0.05) is 17.5 Å². The molecule has 2 fully saturated rings. The SMILES string of the molecule is CCC1c2ccsc2CCN1C(=O)CN1CCCC2CCCCC21. The van der Waals surface area contributed by atoms with Crippen molar-refractivity contribution in [2.24, 2.45) is 5.92 Å². The maximum Gasteiger partial charge on any atom is 0.237 e. The summed E-state index contributed by atoms with van der Waals surface area (Å²) in [6, 6.07) is 3.23. The summed E-state index contributed by atoms with van der Waals surface area (Å²) in [4.78, 5) is 19.3. The van der Waals surface area contributed by atoms with Gasteiger partial charge in [0.15, 0.2) is 0 Å². The van der Waals surface area contributed by atoms with Crippen molar-refractivity contribution < 1.29 is 4.79 Å². The van der Waals surface area contributed by atoms with Crippen LogP contribution in [-0.4, -0.2) is 41.4 Å². The van der Waals surface area contributed by atoms with E-state index < -0.39 is 0 Å². The molecule has 1 aromatic rings. The molecule has 0 aromatic carbocycles. The number of amides is 1. The number of likely N-dealkylation sites (tertiary alicyclic amines) is 1. The van der Waals surface area contributed by atoms with Crippen molar-refractivity contribution in [1.82, 2.24) is 9.80 Å². The molecule has 1 saturated heterocycles. The molecule has 4 heteroatoms. The maximum atomic E-state index is 13.1. The summed E-state index contributed by atoms with van der Waals surface area (Å²) in [5, 5.41) is 2.19. The highest BCUT2D eigenvalue weighted by atomic mass is 32.1. The van der Waals surface area contributed by atoms with Crippen LogP contribution in [0, 0.1) is 5.92 Å². The van der Waals surface area contributed by atoms with Crippen molar-refractivity contribution in [1.29, 1.82) is 0 Å². The Bertz CT molecular complexity index is 582. The average Bonchev–Trinajstić information content (AvgIpc) is 3.10. The molecule has 1 amide bonds. The third kappa shape index (κ3) is 3.03. The van der Waals surface area contributed by atoms with Gasteiger partial charge in [-0.1, -0.05) is 19.8 Å². The lowest BCUT2D eigenvalue weighted by atomic mass is 9.78. The van der Waals surface area contributed by atoms with Gasteiger partial charge in [-0.25, -0.2) is 0 Å². The van der Waals surface area contributed by atoms with Crippen LogP contribution in [0.15, 0.2) is 11.4 Å². The number of hydrogen-bond acceptors (Lipinski definition) is 3. The van der Waals surface area contributed by atoms with Crippen LogP contribution in [0.2, 0.25) is 0 Å².